The van der Waals surface area contributed by atoms with Gasteiger partial charge in [-0.1, -0.05) is 0 Å². The number of ether oxygens (including phenoxy) is 1. The minimum absolute atomic E-state index is 0. The first kappa shape index (κ1) is 19.6. The van der Waals surface area contributed by atoms with Crippen LogP contribution in [0.4, 0.5) is 8.78 Å². The average Bonchev–Trinajstić information content (AvgIpc) is 3.23. The molecule has 2 N–H and O–H groups in total. The molecule has 1 saturated heterocycles. The molecule has 2 aromatic rings. The molecule has 1 fully saturated rings. The molecule has 0 aliphatic carbocycles. The van der Waals surface area contributed by atoms with Crippen molar-refractivity contribution in [1.29, 1.82) is 0 Å². The van der Waals surface area contributed by atoms with Gasteiger partial charge in [-0.3, -0.25) is 4.79 Å². The Hall–Kier alpha value is -1.70. The summed E-state index contributed by atoms with van der Waals surface area (Å²) in [4.78, 5) is 16.0. The van der Waals surface area contributed by atoms with Gasteiger partial charge < -0.3 is 15.4 Å². The Morgan fingerprint density at radius 3 is 2.64 bits per heavy atom. The van der Waals surface area contributed by atoms with Gasteiger partial charge in [-0.25, -0.2) is 0 Å². The van der Waals surface area contributed by atoms with E-state index >= 15 is 0 Å². The standard InChI is InChI=1S/C17H18F2N2O2S.ClH/c18-17(19)23-13-5-3-11(4-6-13)14-7-8-15(24-14)16(22)21-9-1-2-12(21)10-20;/h3-8,12,17H,1-2,9-10,20H2;1H. The van der Waals surface area contributed by atoms with E-state index < -0.39 is 6.61 Å². The molecule has 0 saturated carbocycles. The number of thiophene rings is 1. The Bertz CT molecular complexity index is 709. The maximum atomic E-state index is 12.6. The Morgan fingerprint density at radius 2 is 2.00 bits per heavy atom. The average molecular weight is 389 g/mol. The predicted octanol–water partition coefficient (Wildman–Crippen LogP) is 4.00. The van der Waals surface area contributed by atoms with Crippen LogP contribution in [0.15, 0.2) is 36.4 Å². The molecular formula is C17H19ClF2N2O2S. The van der Waals surface area contributed by atoms with Crippen molar-refractivity contribution in [1.82, 2.24) is 4.90 Å². The van der Waals surface area contributed by atoms with E-state index in [0.29, 0.717) is 11.4 Å². The molecule has 25 heavy (non-hydrogen) atoms. The third-order valence-corrected chi connectivity index (χ3v) is 5.21. The SMILES string of the molecule is Cl.NCC1CCCN1C(=O)c1ccc(-c2ccc(OC(F)F)cc2)s1. The number of nitrogens with zero attached hydrogens (tertiary/aromatic N) is 1. The summed E-state index contributed by atoms with van der Waals surface area (Å²) in [7, 11) is 0. The number of hydrogen-bond donors (Lipinski definition) is 1. The van der Waals surface area contributed by atoms with Crippen LogP contribution in [0.2, 0.25) is 0 Å². The van der Waals surface area contributed by atoms with Gasteiger partial charge in [-0.15, -0.1) is 23.7 Å². The molecule has 1 aliphatic heterocycles. The van der Waals surface area contributed by atoms with Crippen molar-refractivity contribution in [3.63, 3.8) is 0 Å². The third kappa shape index (κ3) is 4.48. The summed E-state index contributed by atoms with van der Waals surface area (Å²) in [6.45, 7) is -1.61. The summed E-state index contributed by atoms with van der Waals surface area (Å²) in [6.07, 6.45) is 1.93. The molecule has 4 nitrogen and oxygen atoms in total. The normalized spacial score (nSPS) is 16.8. The highest BCUT2D eigenvalue weighted by atomic mass is 35.5. The van der Waals surface area contributed by atoms with E-state index in [1.165, 1.54) is 23.5 Å². The number of halogens is 3. The van der Waals surface area contributed by atoms with Crippen molar-refractivity contribution in [2.75, 3.05) is 13.1 Å². The lowest BCUT2D eigenvalue weighted by atomic mass is 10.2. The van der Waals surface area contributed by atoms with Crippen LogP contribution in [-0.4, -0.2) is 36.5 Å². The Balaban J connectivity index is 0.00000225. The van der Waals surface area contributed by atoms with Crippen LogP contribution >= 0.6 is 23.7 Å². The molecule has 1 aliphatic rings. The first-order valence-electron chi connectivity index (χ1n) is 7.74. The summed E-state index contributed by atoms with van der Waals surface area (Å²) in [6, 6.07) is 10.2. The van der Waals surface area contributed by atoms with Crippen LogP contribution < -0.4 is 10.5 Å². The predicted molar refractivity (Wildman–Crippen MR) is 96.7 cm³/mol. The molecule has 0 radical (unpaired) electrons. The summed E-state index contributed by atoms with van der Waals surface area (Å²) >= 11 is 1.39. The van der Waals surface area contributed by atoms with Gasteiger partial charge in [0.1, 0.15) is 5.75 Å². The highest BCUT2D eigenvalue weighted by Crippen LogP contribution is 2.31. The molecule has 1 amide bonds. The fourth-order valence-electron chi connectivity index (χ4n) is 2.90. The zero-order chi connectivity index (χ0) is 17.1. The molecule has 1 aromatic carbocycles. The zero-order valence-electron chi connectivity index (χ0n) is 13.4. The number of likely N-dealkylation sites (tertiary alicyclic amines) is 1. The van der Waals surface area contributed by atoms with E-state index in [1.54, 1.807) is 18.2 Å². The highest BCUT2D eigenvalue weighted by molar-refractivity contribution is 7.17. The highest BCUT2D eigenvalue weighted by Gasteiger charge is 2.29. The van der Waals surface area contributed by atoms with E-state index in [9.17, 15) is 13.6 Å². The van der Waals surface area contributed by atoms with Crippen LogP contribution in [-0.2, 0) is 0 Å². The van der Waals surface area contributed by atoms with Crippen molar-refractivity contribution in [3.05, 3.63) is 41.3 Å². The van der Waals surface area contributed by atoms with Crippen molar-refractivity contribution in [2.24, 2.45) is 5.73 Å². The summed E-state index contributed by atoms with van der Waals surface area (Å²) in [5.74, 6) is 0.126. The van der Waals surface area contributed by atoms with Crippen LogP contribution in [0.25, 0.3) is 10.4 Å². The van der Waals surface area contributed by atoms with Crippen LogP contribution in [0.5, 0.6) is 5.75 Å². The molecule has 136 valence electrons. The molecule has 8 heteroatoms. The van der Waals surface area contributed by atoms with Crippen molar-refractivity contribution >= 4 is 29.7 Å². The van der Waals surface area contributed by atoms with Gasteiger partial charge in [0.05, 0.1) is 4.88 Å². The minimum Gasteiger partial charge on any atom is -0.435 e. The van der Waals surface area contributed by atoms with Crippen LogP contribution in [0.3, 0.4) is 0 Å². The van der Waals surface area contributed by atoms with E-state index in [1.807, 2.05) is 11.0 Å². The fourth-order valence-corrected chi connectivity index (χ4v) is 3.87. The Morgan fingerprint density at radius 1 is 1.28 bits per heavy atom. The second kappa shape index (κ2) is 8.60. The maximum Gasteiger partial charge on any atom is 0.387 e. The summed E-state index contributed by atoms with van der Waals surface area (Å²) in [5.41, 5.74) is 6.59. The quantitative estimate of drug-likeness (QED) is 0.842. The van der Waals surface area contributed by atoms with Gasteiger partial charge in [-0.2, -0.15) is 8.78 Å². The fraction of sp³-hybridized carbons (Fsp3) is 0.353. The Labute approximate surface area is 155 Å². The van der Waals surface area contributed by atoms with E-state index in [4.69, 9.17) is 5.73 Å². The van der Waals surface area contributed by atoms with Crippen molar-refractivity contribution < 1.29 is 18.3 Å². The monoisotopic (exact) mass is 388 g/mol. The van der Waals surface area contributed by atoms with Gasteiger partial charge in [0.25, 0.3) is 5.91 Å². The van der Waals surface area contributed by atoms with Crippen LogP contribution in [0.1, 0.15) is 22.5 Å². The van der Waals surface area contributed by atoms with Gasteiger partial charge in [0.15, 0.2) is 0 Å². The lowest BCUT2D eigenvalue weighted by Crippen LogP contribution is -2.39. The molecule has 1 unspecified atom stereocenters. The first-order chi connectivity index (χ1) is 11.6. The molecule has 3 rings (SSSR count). The second-order valence-electron chi connectivity index (χ2n) is 5.60. The van der Waals surface area contributed by atoms with E-state index in [0.717, 1.165) is 29.8 Å². The Kier molecular flexibility index (Phi) is 6.75. The van der Waals surface area contributed by atoms with Gasteiger partial charge in [0, 0.05) is 24.0 Å². The van der Waals surface area contributed by atoms with Gasteiger partial charge >= 0.3 is 6.61 Å². The number of carbonyl (C=O) groups is 1. The zero-order valence-corrected chi connectivity index (χ0v) is 15.0. The number of amides is 1. The molecule has 2 heterocycles. The smallest absolute Gasteiger partial charge is 0.387 e. The largest absolute Gasteiger partial charge is 0.435 e. The van der Waals surface area contributed by atoms with E-state index in [-0.39, 0.29) is 30.1 Å². The number of rotatable bonds is 5. The number of benzene rings is 1. The summed E-state index contributed by atoms with van der Waals surface area (Å²) in [5, 5.41) is 0. The van der Waals surface area contributed by atoms with Crippen LogP contribution in [0, 0.1) is 0 Å². The summed E-state index contributed by atoms with van der Waals surface area (Å²) < 4.78 is 28.7. The number of alkyl halides is 2. The van der Waals surface area contributed by atoms with Crippen molar-refractivity contribution in [2.45, 2.75) is 25.5 Å². The molecule has 0 bridgehead atoms. The lowest BCUT2D eigenvalue weighted by Gasteiger charge is -2.22. The third-order valence-electron chi connectivity index (χ3n) is 4.09. The van der Waals surface area contributed by atoms with Gasteiger partial charge in [-0.05, 0) is 54.8 Å². The number of hydrogen-bond acceptors (Lipinski definition) is 4. The molecule has 0 spiro atoms. The number of nitrogens with two attached hydrogens (primary N) is 1. The van der Waals surface area contributed by atoms with Gasteiger partial charge in [0.2, 0.25) is 0 Å². The topological polar surface area (TPSA) is 55.6 Å². The molecular weight excluding hydrogens is 370 g/mol. The second-order valence-corrected chi connectivity index (χ2v) is 6.68. The molecule has 1 aromatic heterocycles. The van der Waals surface area contributed by atoms with E-state index in [2.05, 4.69) is 4.74 Å². The van der Waals surface area contributed by atoms with Crippen molar-refractivity contribution in [3.8, 4) is 16.2 Å². The minimum atomic E-state index is -2.84. The lowest BCUT2D eigenvalue weighted by molar-refractivity contribution is -0.0498. The number of carbonyl (C=O) groups excluding carboxylic acids is 1. The first-order valence-corrected chi connectivity index (χ1v) is 8.56. The molecule has 1 atom stereocenters. The maximum absolute atomic E-state index is 12.6.